The number of rotatable bonds is 4. The summed E-state index contributed by atoms with van der Waals surface area (Å²) in [5.41, 5.74) is 0. The highest BCUT2D eigenvalue weighted by molar-refractivity contribution is 9.10. The first-order valence-corrected chi connectivity index (χ1v) is 4.45. The Bertz CT molecular complexity index is 242. The average molecular weight is 232 g/mol. The Kier molecular flexibility index (Phi) is 4.04. The molecule has 4 heteroatoms. The molecule has 1 aromatic rings. The molecular formula is C8H10BrNO2. The second-order valence-electron chi connectivity index (χ2n) is 2.05. The number of hydrogen-bond donors (Lipinski definition) is 0. The van der Waals surface area contributed by atoms with E-state index in [9.17, 15) is 0 Å². The molecule has 0 aliphatic heterocycles. The lowest BCUT2D eigenvalue weighted by molar-refractivity contribution is 0.0217. The predicted molar refractivity (Wildman–Crippen MR) is 49.1 cm³/mol. The van der Waals surface area contributed by atoms with Crippen LogP contribution in [0.2, 0.25) is 0 Å². The van der Waals surface area contributed by atoms with E-state index >= 15 is 0 Å². The Hall–Kier alpha value is -0.610. The fraction of sp³-hybridized carbons (Fsp3) is 0.375. The summed E-state index contributed by atoms with van der Waals surface area (Å²) in [5, 5.41) is 0. The minimum atomic E-state index is 0.265. The fourth-order valence-electron chi connectivity index (χ4n) is 0.667. The number of aromatic nitrogens is 1. The summed E-state index contributed by atoms with van der Waals surface area (Å²) in [4.78, 5) is 3.99. The monoisotopic (exact) mass is 231 g/mol. The van der Waals surface area contributed by atoms with Crippen LogP contribution in [-0.4, -0.2) is 18.4 Å². The zero-order chi connectivity index (χ0) is 8.81. The van der Waals surface area contributed by atoms with Gasteiger partial charge in [-0.1, -0.05) is 0 Å². The summed E-state index contributed by atoms with van der Waals surface area (Å²) >= 11 is 3.26. The fourth-order valence-corrected chi connectivity index (χ4v) is 1.03. The lowest BCUT2D eigenvalue weighted by Gasteiger charge is -2.05. The number of ether oxygens (including phenoxy) is 2. The van der Waals surface area contributed by atoms with E-state index in [0.717, 1.165) is 0 Å². The third-order valence-corrected chi connectivity index (χ3v) is 1.82. The second-order valence-corrected chi connectivity index (χ2v) is 2.80. The van der Waals surface area contributed by atoms with Gasteiger partial charge < -0.3 is 9.47 Å². The Labute approximate surface area is 79.8 Å². The van der Waals surface area contributed by atoms with E-state index < -0.39 is 0 Å². The standard InChI is InChI=1S/C8H10BrNO2/c1-2-11-6-12-7-4-3-5-10-8(7)9/h3-5H,2,6H2,1H3. The summed E-state index contributed by atoms with van der Waals surface area (Å²) in [6, 6.07) is 3.64. The lowest BCUT2D eigenvalue weighted by Crippen LogP contribution is -2.02. The maximum Gasteiger partial charge on any atom is 0.189 e. The van der Waals surface area contributed by atoms with Crippen molar-refractivity contribution in [2.45, 2.75) is 6.92 Å². The van der Waals surface area contributed by atoms with Crippen molar-refractivity contribution < 1.29 is 9.47 Å². The maximum atomic E-state index is 5.25. The summed E-state index contributed by atoms with van der Waals surface area (Å²) in [7, 11) is 0. The normalized spacial score (nSPS) is 9.83. The second kappa shape index (κ2) is 5.11. The van der Waals surface area contributed by atoms with Crippen LogP contribution in [-0.2, 0) is 4.74 Å². The van der Waals surface area contributed by atoms with Crippen LogP contribution in [0.5, 0.6) is 5.75 Å². The van der Waals surface area contributed by atoms with E-state index in [1.54, 1.807) is 6.20 Å². The molecule has 0 spiro atoms. The smallest absolute Gasteiger partial charge is 0.189 e. The molecule has 1 aromatic heterocycles. The van der Waals surface area contributed by atoms with E-state index in [1.807, 2.05) is 19.1 Å². The third-order valence-electron chi connectivity index (χ3n) is 1.23. The molecule has 1 rings (SSSR count). The molecule has 0 bridgehead atoms. The van der Waals surface area contributed by atoms with Crippen molar-refractivity contribution in [1.29, 1.82) is 0 Å². The summed E-state index contributed by atoms with van der Waals surface area (Å²) < 4.78 is 11.0. The molecule has 0 fully saturated rings. The molecule has 0 aliphatic rings. The van der Waals surface area contributed by atoms with Crippen molar-refractivity contribution in [1.82, 2.24) is 4.98 Å². The molecule has 0 unspecified atom stereocenters. The van der Waals surface area contributed by atoms with E-state index in [4.69, 9.17) is 9.47 Å². The Morgan fingerprint density at radius 2 is 2.42 bits per heavy atom. The van der Waals surface area contributed by atoms with Crippen molar-refractivity contribution in [2.75, 3.05) is 13.4 Å². The van der Waals surface area contributed by atoms with Crippen LogP contribution in [0.15, 0.2) is 22.9 Å². The van der Waals surface area contributed by atoms with Crippen LogP contribution < -0.4 is 4.74 Å². The van der Waals surface area contributed by atoms with Crippen LogP contribution >= 0.6 is 15.9 Å². The summed E-state index contributed by atoms with van der Waals surface area (Å²) in [6.45, 7) is 2.83. The SMILES string of the molecule is CCOCOc1cccnc1Br. The highest BCUT2D eigenvalue weighted by atomic mass is 79.9. The molecule has 3 nitrogen and oxygen atoms in total. The summed E-state index contributed by atoms with van der Waals surface area (Å²) in [6.07, 6.45) is 1.69. The molecule has 0 saturated heterocycles. The van der Waals surface area contributed by atoms with Crippen LogP contribution in [0.4, 0.5) is 0 Å². The first-order valence-electron chi connectivity index (χ1n) is 3.65. The lowest BCUT2D eigenvalue weighted by atomic mass is 10.5. The van der Waals surface area contributed by atoms with E-state index in [0.29, 0.717) is 17.0 Å². The molecule has 1 heterocycles. The number of pyridine rings is 1. The molecule has 66 valence electrons. The zero-order valence-corrected chi connectivity index (χ0v) is 8.37. The van der Waals surface area contributed by atoms with Crippen molar-refractivity contribution >= 4 is 15.9 Å². The van der Waals surface area contributed by atoms with Gasteiger partial charge in [-0.2, -0.15) is 0 Å². The number of hydrogen-bond acceptors (Lipinski definition) is 3. The van der Waals surface area contributed by atoms with Crippen LogP contribution in [0, 0.1) is 0 Å². The molecule has 0 aliphatic carbocycles. The minimum Gasteiger partial charge on any atom is -0.465 e. The molecule has 0 radical (unpaired) electrons. The molecule has 0 aromatic carbocycles. The molecule has 12 heavy (non-hydrogen) atoms. The van der Waals surface area contributed by atoms with Gasteiger partial charge in [0.15, 0.2) is 12.5 Å². The van der Waals surface area contributed by atoms with Crippen molar-refractivity contribution in [2.24, 2.45) is 0 Å². The van der Waals surface area contributed by atoms with Gasteiger partial charge in [0.1, 0.15) is 4.60 Å². The van der Waals surface area contributed by atoms with Crippen LogP contribution in [0.1, 0.15) is 6.92 Å². The Morgan fingerprint density at radius 1 is 1.58 bits per heavy atom. The minimum absolute atomic E-state index is 0.265. The Balaban J connectivity index is 2.46. The van der Waals surface area contributed by atoms with Crippen molar-refractivity contribution in [3.63, 3.8) is 0 Å². The Morgan fingerprint density at radius 3 is 3.08 bits per heavy atom. The van der Waals surface area contributed by atoms with E-state index in [-0.39, 0.29) is 6.79 Å². The average Bonchev–Trinajstić information content (AvgIpc) is 2.09. The highest BCUT2D eigenvalue weighted by Crippen LogP contribution is 2.20. The maximum absolute atomic E-state index is 5.25. The van der Waals surface area contributed by atoms with Gasteiger partial charge in [0.2, 0.25) is 0 Å². The molecule has 0 saturated carbocycles. The van der Waals surface area contributed by atoms with Gasteiger partial charge in [-0.05, 0) is 35.0 Å². The first kappa shape index (κ1) is 9.48. The number of halogens is 1. The van der Waals surface area contributed by atoms with Gasteiger partial charge in [0, 0.05) is 12.8 Å². The van der Waals surface area contributed by atoms with Gasteiger partial charge in [-0.3, -0.25) is 0 Å². The van der Waals surface area contributed by atoms with Crippen LogP contribution in [0.3, 0.4) is 0 Å². The predicted octanol–water partition coefficient (Wildman–Crippen LogP) is 2.22. The largest absolute Gasteiger partial charge is 0.465 e. The van der Waals surface area contributed by atoms with Gasteiger partial charge in [-0.15, -0.1) is 0 Å². The molecule has 0 atom stereocenters. The van der Waals surface area contributed by atoms with Gasteiger partial charge in [0.25, 0.3) is 0 Å². The highest BCUT2D eigenvalue weighted by Gasteiger charge is 1.98. The first-order chi connectivity index (χ1) is 5.84. The van der Waals surface area contributed by atoms with E-state index in [2.05, 4.69) is 20.9 Å². The van der Waals surface area contributed by atoms with E-state index in [1.165, 1.54) is 0 Å². The van der Waals surface area contributed by atoms with Gasteiger partial charge >= 0.3 is 0 Å². The van der Waals surface area contributed by atoms with Crippen LogP contribution in [0.25, 0.3) is 0 Å². The third kappa shape index (κ3) is 2.79. The molecular weight excluding hydrogens is 222 g/mol. The quantitative estimate of drug-likeness (QED) is 0.453. The summed E-state index contributed by atoms with van der Waals surface area (Å²) in [5.74, 6) is 0.700. The van der Waals surface area contributed by atoms with Crippen molar-refractivity contribution in [3.05, 3.63) is 22.9 Å². The van der Waals surface area contributed by atoms with Gasteiger partial charge in [0.05, 0.1) is 0 Å². The topological polar surface area (TPSA) is 31.4 Å². The van der Waals surface area contributed by atoms with Crippen molar-refractivity contribution in [3.8, 4) is 5.75 Å². The van der Waals surface area contributed by atoms with Gasteiger partial charge in [-0.25, -0.2) is 4.98 Å². The molecule has 0 amide bonds. The number of nitrogens with zero attached hydrogens (tertiary/aromatic N) is 1. The molecule has 0 N–H and O–H groups in total. The zero-order valence-electron chi connectivity index (χ0n) is 6.79.